The highest BCUT2D eigenvalue weighted by atomic mass is 35.5. The summed E-state index contributed by atoms with van der Waals surface area (Å²) in [5, 5.41) is 4.74. The molecule has 0 saturated carbocycles. The number of halogens is 1. The van der Waals surface area contributed by atoms with Crippen LogP contribution in [0.15, 0.2) is 54.6 Å². The number of benzene rings is 2. The number of amides is 1. The SMILES string of the molecule is COC(=O)c1cc2c([nH]c3ccccc32)c(C(=O)Nc2ccccc2Cl)n1. The van der Waals surface area contributed by atoms with E-state index >= 15 is 0 Å². The third-order valence-electron chi connectivity index (χ3n) is 4.23. The Kier molecular flexibility index (Phi) is 4.25. The van der Waals surface area contributed by atoms with E-state index in [4.69, 9.17) is 16.3 Å². The summed E-state index contributed by atoms with van der Waals surface area (Å²) in [7, 11) is 1.27. The molecule has 0 unspecified atom stereocenters. The smallest absolute Gasteiger partial charge is 0.356 e. The molecule has 0 radical (unpaired) electrons. The van der Waals surface area contributed by atoms with Crippen LogP contribution in [0, 0.1) is 0 Å². The summed E-state index contributed by atoms with van der Waals surface area (Å²) in [4.78, 5) is 32.4. The minimum Gasteiger partial charge on any atom is -0.464 e. The molecule has 0 saturated heterocycles. The summed E-state index contributed by atoms with van der Waals surface area (Å²) in [6.07, 6.45) is 0. The molecule has 0 aliphatic heterocycles. The Bertz CT molecular complexity index is 1200. The number of methoxy groups -OCH3 is 1. The maximum atomic E-state index is 12.9. The van der Waals surface area contributed by atoms with Gasteiger partial charge in [-0.25, -0.2) is 9.78 Å². The molecule has 27 heavy (non-hydrogen) atoms. The van der Waals surface area contributed by atoms with Gasteiger partial charge in [-0.15, -0.1) is 0 Å². The van der Waals surface area contributed by atoms with Crippen LogP contribution in [0.4, 0.5) is 5.69 Å². The maximum Gasteiger partial charge on any atom is 0.356 e. The predicted octanol–water partition coefficient (Wildman–Crippen LogP) is 4.41. The van der Waals surface area contributed by atoms with Gasteiger partial charge in [0.15, 0.2) is 5.69 Å². The van der Waals surface area contributed by atoms with Gasteiger partial charge in [0.25, 0.3) is 5.91 Å². The van der Waals surface area contributed by atoms with Crippen LogP contribution in [0.5, 0.6) is 0 Å². The monoisotopic (exact) mass is 379 g/mol. The molecule has 0 aliphatic carbocycles. The van der Waals surface area contributed by atoms with E-state index in [0.29, 0.717) is 21.6 Å². The normalized spacial score (nSPS) is 10.9. The van der Waals surface area contributed by atoms with Crippen molar-refractivity contribution >= 4 is 51.0 Å². The van der Waals surface area contributed by atoms with Crippen molar-refractivity contribution in [3.05, 3.63) is 71.0 Å². The van der Waals surface area contributed by atoms with Gasteiger partial charge in [-0.2, -0.15) is 0 Å². The fourth-order valence-corrected chi connectivity index (χ4v) is 3.15. The summed E-state index contributed by atoms with van der Waals surface area (Å²) in [5.41, 5.74) is 1.97. The van der Waals surface area contributed by atoms with E-state index in [9.17, 15) is 9.59 Å². The van der Waals surface area contributed by atoms with Crippen molar-refractivity contribution in [2.45, 2.75) is 0 Å². The average molecular weight is 380 g/mol. The highest BCUT2D eigenvalue weighted by molar-refractivity contribution is 6.34. The van der Waals surface area contributed by atoms with E-state index < -0.39 is 11.9 Å². The number of anilines is 1. The number of fused-ring (bicyclic) bond motifs is 3. The lowest BCUT2D eigenvalue weighted by atomic mass is 10.1. The summed E-state index contributed by atoms with van der Waals surface area (Å²) in [6, 6.07) is 16.1. The number of carbonyl (C=O) groups is 2. The topological polar surface area (TPSA) is 84.1 Å². The van der Waals surface area contributed by atoms with Crippen molar-refractivity contribution in [3.63, 3.8) is 0 Å². The van der Waals surface area contributed by atoms with Crippen molar-refractivity contribution in [2.24, 2.45) is 0 Å². The van der Waals surface area contributed by atoms with Gasteiger partial charge in [0, 0.05) is 16.3 Å². The molecule has 7 heteroatoms. The van der Waals surface area contributed by atoms with E-state index in [1.165, 1.54) is 7.11 Å². The maximum absolute atomic E-state index is 12.9. The largest absolute Gasteiger partial charge is 0.464 e. The molecule has 2 aromatic heterocycles. The second kappa shape index (κ2) is 6.74. The molecule has 0 atom stereocenters. The first-order valence-electron chi connectivity index (χ1n) is 8.14. The second-order valence-electron chi connectivity index (χ2n) is 5.87. The van der Waals surface area contributed by atoms with Crippen LogP contribution < -0.4 is 5.32 Å². The molecule has 4 aromatic rings. The Hall–Kier alpha value is -3.38. The lowest BCUT2D eigenvalue weighted by Crippen LogP contribution is -2.17. The van der Waals surface area contributed by atoms with Crippen LogP contribution in [0.1, 0.15) is 21.0 Å². The van der Waals surface area contributed by atoms with Gasteiger partial charge in [0.1, 0.15) is 5.69 Å². The fraction of sp³-hybridized carbons (Fsp3) is 0.0500. The predicted molar refractivity (Wildman–Crippen MR) is 104 cm³/mol. The fourth-order valence-electron chi connectivity index (χ4n) is 2.96. The van der Waals surface area contributed by atoms with E-state index in [-0.39, 0.29) is 11.4 Å². The van der Waals surface area contributed by atoms with Crippen molar-refractivity contribution < 1.29 is 14.3 Å². The summed E-state index contributed by atoms with van der Waals surface area (Å²) < 4.78 is 4.78. The molecule has 2 heterocycles. The molecule has 4 rings (SSSR count). The Morgan fingerprint density at radius 1 is 1.07 bits per heavy atom. The number of H-pyrrole nitrogens is 1. The first-order valence-corrected chi connectivity index (χ1v) is 8.52. The van der Waals surface area contributed by atoms with Crippen LogP contribution in [-0.4, -0.2) is 29.0 Å². The quantitative estimate of drug-likeness (QED) is 0.516. The van der Waals surface area contributed by atoms with Crippen molar-refractivity contribution in [3.8, 4) is 0 Å². The molecule has 6 nitrogen and oxygen atoms in total. The molecular formula is C20H14ClN3O3. The zero-order valence-electron chi connectivity index (χ0n) is 14.2. The van der Waals surface area contributed by atoms with E-state index in [1.807, 2.05) is 24.3 Å². The minimum absolute atomic E-state index is 0.0547. The number of carbonyl (C=O) groups excluding carboxylic acids is 2. The number of esters is 1. The highest BCUT2D eigenvalue weighted by Crippen LogP contribution is 2.29. The Morgan fingerprint density at radius 3 is 2.59 bits per heavy atom. The summed E-state index contributed by atoms with van der Waals surface area (Å²) in [6.45, 7) is 0. The molecule has 2 aromatic carbocycles. The van der Waals surface area contributed by atoms with Gasteiger partial charge in [-0.05, 0) is 24.3 Å². The zero-order valence-corrected chi connectivity index (χ0v) is 15.0. The lowest BCUT2D eigenvalue weighted by molar-refractivity contribution is 0.0594. The van der Waals surface area contributed by atoms with Gasteiger partial charge in [-0.3, -0.25) is 4.79 Å². The van der Waals surface area contributed by atoms with Gasteiger partial charge in [-0.1, -0.05) is 41.9 Å². The number of aromatic amines is 1. The van der Waals surface area contributed by atoms with Crippen LogP contribution in [0.2, 0.25) is 5.02 Å². The van der Waals surface area contributed by atoms with Crippen LogP contribution in [0.3, 0.4) is 0 Å². The molecule has 134 valence electrons. The van der Waals surface area contributed by atoms with Crippen LogP contribution >= 0.6 is 11.6 Å². The summed E-state index contributed by atoms with van der Waals surface area (Å²) in [5.74, 6) is -1.10. The lowest BCUT2D eigenvalue weighted by Gasteiger charge is -2.08. The van der Waals surface area contributed by atoms with Crippen LogP contribution in [0.25, 0.3) is 21.8 Å². The zero-order chi connectivity index (χ0) is 19.0. The Morgan fingerprint density at radius 2 is 1.81 bits per heavy atom. The minimum atomic E-state index is -0.617. The molecular weight excluding hydrogens is 366 g/mol. The van der Waals surface area contributed by atoms with E-state index in [2.05, 4.69) is 15.3 Å². The number of ether oxygens (including phenoxy) is 1. The Balaban J connectivity index is 1.91. The number of aromatic nitrogens is 2. The average Bonchev–Trinajstić information content (AvgIpc) is 3.07. The molecule has 1 amide bonds. The van der Waals surface area contributed by atoms with E-state index in [0.717, 1.165) is 10.9 Å². The van der Waals surface area contributed by atoms with Gasteiger partial charge in [0.2, 0.25) is 0 Å². The van der Waals surface area contributed by atoms with Gasteiger partial charge < -0.3 is 15.0 Å². The third-order valence-corrected chi connectivity index (χ3v) is 4.56. The molecule has 0 fully saturated rings. The number of nitrogens with one attached hydrogen (secondary N) is 2. The number of rotatable bonds is 3. The van der Waals surface area contributed by atoms with E-state index in [1.54, 1.807) is 30.3 Å². The third kappa shape index (κ3) is 3.00. The van der Waals surface area contributed by atoms with Gasteiger partial charge in [0.05, 0.1) is 23.3 Å². The van der Waals surface area contributed by atoms with Crippen molar-refractivity contribution in [2.75, 3.05) is 12.4 Å². The second-order valence-corrected chi connectivity index (χ2v) is 6.28. The van der Waals surface area contributed by atoms with Crippen LogP contribution in [-0.2, 0) is 4.74 Å². The highest BCUT2D eigenvalue weighted by Gasteiger charge is 2.21. The summed E-state index contributed by atoms with van der Waals surface area (Å²) >= 11 is 6.13. The van der Waals surface area contributed by atoms with Crippen molar-refractivity contribution in [1.82, 2.24) is 9.97 Å². The first kappa shape index (κ1) is 17.1. The molecule has 2 N–H and O–H groups in total. The van der Waals surface area contributed by atoms with Gasteiger partial charge >= 0.3 is 5.97 Å². The molecule has 0 aliphatic rings. The number of hydrogen-bond acceptors (Lipinski definition) is 4. The molecule has 0 bridgehead atoms. The number of pyridine rings is 1. The Labute approximate surface area is 159 Å². The molecule has 0 spiro atoms. The number of nitrogens with zero attached hydrogens (tertiary/aromatic N) is 1. The first-order chi connectivity index (χ1) is 13.1. The number of para-hydroxylation sites is 2. The number of hydrogen-bond donors (Lipinski definition) is 2. The van der Waals surface area contributed by atoms with Crippen molar-refractivity contribution in [1.29, 1.82) is 0 Å². The standard InChI is InChI=1S/C20H14ClN3O3/c1-27-20(26)16-10-12-11-6-2-4-8-14(11)22-17(12)18(23-16)19(25)24-15-9-5-3-7-13(15)21/h2-10,22H,1H3,(H,24,25).